The smallest absolute Gasteiger partial charge is 0.233 e. The molecule has 18 heavy (non-hydrogen) atoms. The molecule has 0 spiro atoms. The Morgan fingerprint density at radius 3 is 2.72 bits per heavy atom. The van der Waals surface area contributed by atoms with E-state index in [1.165, 1.54) is 23.1 Å². The van der Waals surface area contributed by atoms with E-state index < -0.39 is 0 Å². The summed E-state index contributed by atoms with van der Waals surface area (Å²) in [6.07, 6.45) is 0.194. The van der Waals surface area contributed by atoms with Crippen molar-refractivity contribution in [3.05, 3.63) is 0 Å². The van der Waals surface area contributed by atoms with Gasteiger partial charge in [0.25, 0.3) is 0 Å². The van der Waals surface area contributed by atoms with Crippen molar-refractivity contribution in [3.63, 3.8) is 0 Å². The molecule has 0 aliphatic carbocycles. The molecule has 6 nitrogen and oxygen atoms in total. The Kier molecular flexibility index (Phi) is 4.41. The summed E-state index contributed by atoms with van der Waals surface area (Å²) in [5.74, 6) is 0.476. The highest BCUT2D eigenvalue weighted by molar-refractivity contribution is 8.01. The molecule has 1 aliphatic rings. The Morgan fingerprint density at radius 1 is 1.50 bits per heavy atom. The number of carbonyl (C=O) groups excluding carboxylic acids is 1. The van der Waals surface area contributed by atoms with Crippen molar-refractivity contribution >= 4 is 34.1 Å². The second-order valence-corrected chi connectivity index (χ2v) is 6.48. The van der Waals surface area contributed by atoms with Crippen LogP contribution in [0.1, 0.15) is 13.8 Å². The topological polar surface area (TPSA) is 81.3 Å². The summed E-state index contributed by atoms with van der Waals surface area (Å²) in [5, 5.41) is 8.01. The number of nitrogens with zero attached hydrogens (tertiary/aromatic N) is 3. The minimum absolute atomic E-state index is 0.0971. The first-order chi connectivity index (χ1) is 8.54. The van der Waals surface area contributed by atoms with Gasteiger partial charge in [0.05, 0.1) is 18.0 Å². The number of carbonyl (C=O) groups is 1. The fourth-order valence-corrected chi connectivity index (χ4v) is 3.41. The van der Waals surface area contributed by atoms with Crippen LogP contribution in [0.4, 0.5) is 5.13 Å². The SMILES string of the molecule is C[C@@H]1CN(C(=O)CSc2nnc(N)s2)C[C@@H](C)O1. The van der Waals surface area contributed by atoms with Crippen LogP contribution >= 0.6 is 23.1 Å². The number of nitrogens with two attached hydrogens (primary N) is 1. The Bertz CT molecular complexity index is 416. The molecular formula is C10H16N4O2S2. The van der Waals surface area contributed by atoms with Crippen LogP contribution in [0.2, 0.25) is 0 Å². The van der Waals surface area contributed by atoms with E-state index in [9.17, 15) is 4.79 Å². The standard InChI is InChI=1S/C10H16N4O2S2/c1-6-3-14(4-7(2)16-6)8(15)5-17-10-13-12-9(11)18-10/h6-7H,3-5H2,1-2H3,(H2,11,12)/t6-,7-/m1/s1. The van der Waals surface area contributed by atoms with Crippen molar-refractivity contribution in [1.29, 1.82) is 0 Å². The average Bonchev–Trinajstić information content (AvgIpc) is 2.70. The normalized spacial score (nSPS) is 24.2. The molecule has 1 saturated heterocycles. The van der Waals surface area contributed by atoms with Crippen LogP contribution < -0.4 is 5.73 Å². The van der Waals surface area contributed by atoms with E-state index in [0.717, 1.165) is 4.34 Å². The molecule has 1 aliphatic heterocycles. The second-order valence-electron chi connectivity index (χ2n) is 4.25. The predicted molar refractivity (Wildman–Crippen MR) is 71.6 cm³/mol. The van der Waals surface area contributed by atoms with Crippen LogP contribution in [0.5, 0.6) is 0 Å². The van der Waals surface area contributed by atoms with E-state index in [2.05, 4.69) is 10.2 Å². The summed E-state index contributed by atoms with van der Waals surface area (Å²) >= 11 is 2.68. The van der Waals surface area contributed by atoms with Gasteiger partial charge in [0.15, 0.2) is 4.34 Å². The number of rotatable bonds is 3. The number of anilines is 1. The number of amides is 1. The van der Waals surface area contributed by atoms with Crippen molar-refractivity contribution < 1.29 is 9.53 Å². The third kappa shape index (κ3) is 3.56. The van der Waals surface area contributed by atoms with Gasteiger partial charge in [0.2, 0.25) is 11.0 Å². The molecule has 1 aromatic rings. The molecule has 0 bridgehead atoms. The third-order valence-corrected chi connectivity index (χ3v) is 4.38. The van der Waals surface area contributed by atoms with E-state index in [1.54, 1.807) is 0 Å². The zero-order valence-electron chi connectivity index (χ0n) is 10.3. The van der Waals surface area contributed by atoms with Crippen molar-refractivity contribution in [2.75, 3.05) is 24.6 Å². The Morgan fingerprint density at radius 2 is 2.17 bits per heavy atom. The Balaban J connectivity index is 1.84. The van der Waals surface area contributed by atoms with Crippen LogP contribution in [0.3, 0.4) is 0 Å². The summed E-state index contributed by atoms with van der Waals surface area (Å²) in [7, 11) is 0. The van der Waals surface area contributed by atoms with Gasteiger partial charge in [-0.15, -0.1) is 10.2 Å². The number of hydrogen-bond acceptors (Lipinski definition) is 7. The minimum atomic E-state index is 0.0971. The summed E-state index contributed by atoms with van der Waals surface area (Å²) in [4.78, 5) is 13.9. The van der Waals surface area contributed by atoms with Crippen LogP contribution in [0.25, 0.3) is 0 Å². The summed E-state index contributed by atoms with van der Waals surface area (Å²) < 4.78 is 6.33. The van der Waals surface area contributed by atoms with Gasteiger partial charge in [-0.3, -0.25) is 4.79 Å². The Labute approximate surface area is 114 Å². The van der Waals surface area contributed by atoms with Crippen LogP contribution in [-0.4, -0.2) is 52.1 Å². The molecule has 2 atom stereocenters. The summed E-state index contributed by atoms with van der Waals surface area (Å²) in [6.45, 7) is 5.27. The molecule has 8 heteroatoms. The van der Waals surface area contributed by atoms with E-state index >= 15 is 0 Å². The number of nitrogen functional groups attached to an aromatic ring is 1. The first-order valence-electron chi connectivity index (χ1n) is 5.69. The van der Waals surface area contributed by atoms with E-state index in [0.29, 0.717) is 24.0 Å². The summed E-state index contributed by atoms with van der Waals surface area (Å²) in [6, 6.07) is 0. The quantitative estimate of drug-likeness (QED) is 0.830. The maximum atomic E-state index is 12.0. The van der Waals surface area contributed by atoms with Crippen LogP contribution in [-0.2, 0) is 9.53 Å². The predicted octanol–water partition coefficient (Wildman–Crippen LogP) is 0.848. The lowest BCUT2D eigenvalue weighted by Crippen LogP contribution is -2.48. The molecule has 0 saturated carbocycles. The van der Waals surface area contributed by atoms with Crippen LogP contribution in [0, 0.1) is 0 Å². The van der Waals surface area contributed by atoms with E-state index in [-0.39, 0.29) is 18.1 Å². The summed E-state index contributed by atoms with van der Waals surface area (Å²) in [5.41, 5.74) is 5.48. The fourth-order valence-electron chi connectivity index (χ4n) is 1.88. The van der Waals surface area contributed by atoms with Gasteiger partial charge in [0, 0.05) is 13.1 Å². The molecular weight excluding hydrogens is 272 g/mol. The van der Waals surface area contributed by atoms with Crippen molar-refractivity contribution in [2.24, 2.45) is 0 Å². The second kappa shape index (κ2) is 5.85. The molecule has 1 aromatic heterocycles. The molecule has 0 aromatic carbocycles. The third-order valence-electron chi connectivity index (χ3n) is 2.51. The van der Waals surface area contributed by atoms with Gasteiger partial charge in [-0.1, -0.05) is 23.1 Å². The largest absolute Gasteiger partial charge is 0.374 e. The van der Waals surface area contributed by atoms with Gasteiger partial charge in [-0.25, -0.2) is 0 Å². The lowest BCUT2D eigenvalue weighted by molar-refractivity contribution is -0.140. The number of aromatic nitrogens is 2. The number of thioether (sulfide) groups is 1. The van der Waals surface area contributed by atoms with E-state index in [1.807, 2.05) is 18.7 Å². The van der Waals surface area contributed by atoms with E-state index in [4.69, 9.17) is 10.5 Å². The van der Waals surface area contributed by atoms with Crippen molar-refractivity contribution in [1.82, 2.24) is 15.1 Å². The van der Waals surface area contributed by atoms with Gasteiger partial charge < -0.3 is 15.4 Å². The molecule has 2 heterocycles. The molecule has 1 amide bonds. The number of hydrogen-bond donors (Lipinski definition) is 1. The van der Waals surface area contributed by atoms with Crippen molar-refractivity contribution in [3.8, 4) is 0 Å². The molecule has 0 radical (unpaired) electrons. The van der Waals surface area contributed by atoms with Gasteiger partial charge in [-0.05, 0) is 13.8 Å². The molecule has 100 valence electrons. The molecule has 2 N–H and O–H groups in total. The lowest BCUT2D eigenvalue weighted by atomic mass is 10.2. The first kappa shape index (κ1) is 13.6. The zero-order valence-corrected chi connectivity index (χ0v) is 12.0. The first-order valence-corrected chi connectivity index (χ1v) is 7.50. The van der Waals surface area contributed by atoms with Gasteiger partial charge >= 0.3 is 0 Å². The van der Waals surface area contributed by atoms with Gasteiger partial charge in [0.1, 0.15) is 0 Å². The monoisotopic (exact) mass is 288 g/mol. The highest BCUT2D eigenvalue weighted by Crippen LogP contribution is 2.24. The minimum Gasteiger partial charge on any atom is -0.374 e. The lowest BCUT2D eigenvalue weighted by Gasteiger charge is -2.35. The highest BCUT2D eigenvalue weighted by Gasteiger charge is 2.25. The maximum absolute atomic E-state index is 12.0. The van der Waals surface area contributed by atoms with Gasteiger partial charge in [-0.2, -0.15) is 0 Å². The molecule has 0 unspecified atom stereocenters. The number of morpholine rings is 1. The average molecular weight is 288 g/mol. The maximum Gasteiger partial charge on any atom is 0.233 e. The van der Waals surface area contributed by atoms with Crippen LogP contribution in [0.15, 0.2) is 4.34 Å². The number of ether oxygens (including phenoxy) is 1. The zero-order chi connectivity index (χ0) is 13.1. The molecule has 2 rings (SSSR count). The van der Waals surface area contributed by atoms with Crippen molar-refractivity contribution in [2.45, 2.75) is 30.4 Å². The Hall–Kier alpha value is -0.860. The molecule has 1 fully saturated rings. The fraction of sp³-hybridized carbons (Fsp3) is 0.700. The highest BCUT2D eigenvalue weighted by atomic mass is 32.2.